The first kappa shape index (κ1) is 16.9. The number of benzene rings is 1. The quantitative estimate of drug-likeness (QED) is 0.780. The Kier molecular flexibility index (Phi) is 5.82. The molecule has 1 aliphatic heterocycles. The molecule has 5 nitrogen and oxygen atoms in total. The second-order valence-corrected chi connectivity index (χ2v) is 6.37. The summed E-state index contributed by atoms with van der Waals surface area (Å²) in [5, 5.41) is 3.45. The molecule has 1 aromatic heterocycles. The fourth-order valence-electron chi connectivity index (χ4n) is 2.80. The highest BCUT2D eigenvalue weighted by Crippen LogP contribution is 2.28. The van der Waals surface area contributed by atoms with Gasteiger partial charge in [0, 0.05) is 6.04 Å². The lowest BCUT2D eigenvalue weighted by Crippen LogP contribution is -2.31. The highest BCUT2D eigenvalue weighted by molar-refractivity contribution is 6.99. The van der Waals surface area contributed by atoms with Crippen molar-refractivity contribution in [1.82, 2.24) is 14.1 Å². The number of nitrogens with zero attached hydrogens (tertiary/aromatic N) is 2. The van der Waals surface area contributed by atoms with E-state index in [9.17, 15) is 0 Å². The van der Waals surface area contributed by atoms with Crippen molar-refractivity contribution < 1.29 is 9.47 Å². The van der Waals surface area contributed by atoms with Gasteiger partial charge >= 0.3 is 0 Å². The summed E-state index contributed by atoms with van der Waals surface area (Å²) in [5.74, 6) is 1.55. The Morgan fingerprint density at radius 3 is 2.83 bits per heavy atom. The minimum Gasteiger partial charge on any atom is -0.497 e. The van der Waals surface area contributed by atoms with Crippen molar-refractivity contribution in [1.29, 1.82) is 0 Å². The lowest BCUT2D eigenvalue weighted by atomic mass is 10.0. The fraction of sp³-hybridized carbons (Fsp3) is 0.444. The maximum Gasteiger partial charge on any atom is 0.253 e. The third-order valence-electron chi connectivity index (χ3n) is 4.17. The first-order valence-corrected chi connectivity index (χ1v) is 9.03. The van der Waals surface area contributed by atoms with Crippen LogP contribution in [0.2, 0.25) is 0 Å². The zero-order valence-electron chi connectivity index (χ0n) is 14.1. The van der Waals surface area contributed by atoms with Crippen molar-refractivity contribution in [3.8, 4) is 11.6 Å². The predicted molar refractivity (Wildman–Crippen MR) is 96.8 cm³/mol. The van der Waals surface area contributed by atoms with Crippen molar-refractivity contribution in [2.24, 2.45) is 0 Å². The van der Waals surface area contributed by atoms with E-state index in [1.165, 1.54) is 22.9 Å². The predicted octanol–water partition coefficient (Wildman–Crippen LogP) is 3.32. The number of methoxy groups -OCH3 is 1. The maximum atomic E-state index is 5.89. The molecule has 128 valence electrons. The van der Waals surface area contributed by atoms with Crippen LogP contribution in [-0.4, -0.2) is 35.1 Å². The molecule has 1 aromatic carbocycles. The van der Waals surface area contributed by atoms with E-state index in [2.05, 4.69) is 39.2 Å². The Morgan fingerprint density at radius 1 is 1.25 bits per heavy atom. The van der Waals surface area contributed by atoms with Crippen LogP contribution >= 0.6 is 11.7 Å². The summed E-state index contributed by atoms with van der Waals surface area (Å²) < 4.78 is 19.8. The van der Waals surface area contributed by atoms with Crippen LogP contribution in [0.5, 0.6) is 11.6 Å². The van der Waals surface area contributed by atoms with Gasteiger partial charge in [-0.05, 0) is 56.0 Å². The van der Waals surface area contributed by atoms with E-state index in [0.717, 1.165) is 37.3 Å². The maximum absolute atomic E-state index is 5.89. The van der Waals surface area contributed by atoms with E-state index in [0.29, 0.717) is 18.5 Å². The van der Waals surface area contributed by atoms with Gasteiger partial charge in [-0.2, -0.15) is 4.37 Å². The topological polar surface area (TPSA) is 56.3 Å². The van der Waals surface area contributed by atoms with Crippen molar-refractivity contribution in [3.63, 3.8) is 0 Å². The summed E-state index contributed by atoms with van der Waals surface area (Å²) in [5.41, 5.74) is 3.37. The molecule has 3 rings (SSSR count). The zero-order chi connectivity index (χ0) is 16.8. The molecular weight excluding hydrogens is 322 g/mol. The van der Waals surface area contributed by atoms with Gasteiger partial charge in [0.1, 0.15) is 11.4 Å². The van der Waals surface area contributed by atoms with Crippen LogP contribution in [0.1, 0.15) is 31.0 Å². The molecule has 2 heterocycles. The van der Waals surface area contributed by atoms with E-state index in [1.54, 1.807) is 7.11 Å². The Hall–Kier alpha value is -1.92. The highest BCUT2D eigenvalue weighted by atomic mass is 32.1. The summed E-state index contributed by atoms with van der Waals surface area (Å²) in [6.45, 7) is 3.80. The van der Waals surface area contributed by atoms with Crippen LogP contribution in [-0.2, 0) is 6.42 Å². The molecule has 0 radical (unpaired) electrons. The molecule has 0 amide bonds. The summed E-state index contributed by atoms with van der Waals surface area (Å²) in [7, 11) is 1.68. The summed E-state index contributed by atoms with van der Waals surface area (Å²) >= 11 is 1.21. The Labute approximate surface area is 147 Å². The third-order valence-corrected chi connectivity index (χ3v) is 4.68. The van der Waals surface area contributed by atoms with Gasteiger partial charge in [-0.15, -0.1) is 4.37 Å². The third kappa shape index (κ3) is 4.13. The van der Waals surface area contributed by atoms with E-state index in [1.807, 2.05) is 12.1 Å². The van der Waals surface area contributed by atoms with Crippen molar-refractivity contribution in [3.05, 3.63) is 41.6 Å². The first-order valence-electron chi connectivity index (χ1n) is 8.30. The largest absolute Gasteiger partial charge is 0.497 e. The lowest BCUT2D eigenvalue weighted by Gasteiger charge is -2.21. The Bertz CT molecular complexity index is 682. The van der Waals surface area contributed by atoms with Gasteiger partial charge in [-0.25, -0.2) is 0 Å². The number of hydrogen-bond donors (Lipinski definition) is 1. The number of nitrogens with one attached hydrogen (secondary N) is 1. The molecular formula is C18H23N3O2S. The van der Waals surface area contributed by atoms with Crippen LogP contribution in [0.4, 0.5) is 0 Å². The van der Waals surface area contributed by atoms with Gasteiger partial charge in [0.2, 0.25) is 0 Å². The van der Waals surface area contributed by atoms with Crippen LogP contribution in [0.25, 0.3) is 5.57 Å². The summed E-state index contributed by atoms with van der Waals surface area (Å²) in [6.07, 6.45) is 5.17. The van der Waals surface area contributed by atoms with Crippen LogP contribution in [0, 0.1) is 0 Å². The second kappa shape index (κ2) is 8.26. The van der Waals surface area contributed by atoms with Gasteiger partial charge in [-0.1, -0.05) is 18.2 Å². The summed E-state index contributed by atoms with van der Waals surface area (Å²) in [6, 6.07) is 8.46. The molecule has 1 unspecified atom stereocenters. The SMILES string of the molecule is COc1ccc(CCCOc2nsnc2C2=CCCNC2C)cc1. The molecule has 0 saturated heterocycles. The minimum absolute atomic E-state index is 0.296. The van der Waals surface area contributed by atoms with Crippen molar-refractivity contribution in [2.45, 2.75) is 32.2 Å². The number of aryl methyl sites for hydroxylation is 1. The molecule has 0 bridgehead atoms. The van der Waals surface area contributed by atoms with Gasteiger partial charge < -0.3 is 14.8 Å². The van der Waals surface area contributed by atoms with Gasteiger partial charge in [-0.3, -0.25) is 0 Å². The van der Waals surface area contributed by atoms with Crippen LogP contribution < -0.4 is 14.8 Å². The van der Waals surface area contributed by atoms with E-state index >= 15 is 0 Å². The van der Waals surface area contributed by atoms with Gasteiger partial charge in [0.15, 0.2) is 0 Å². The molecule has 2 aromatic rings. The van der Waals surface area contributed by atoms with Crippen molar-refractivity contribution in [2.75, 3.05) is 20.3 Å². The molecule has 0 fully saturated rings. The molecule has 24 heavy (non-hydrogen) atoms. The smallest absolute Gasteiger partial charge is 0.253 e. The van der Waals surface area contributed by atoms with E-state index < -0.39 is 0 Å². The average Bonchev–Trinajstić information content (AvgIpc) is 3.08. The number of ether oxygens (including phenoxy) is 2. The Balaban J connectivity index is 1.52. The molecule has 0 spiro atoms. The fourth-order valence-corrected chi connectivity index (χ4v) is 3.32. The molecule has 1 N–H and O–H groups in total. The number of rotatable bonds is 7. The number of hydrogen-bond acceptors (Lipinski definition) is 6. The van der Waals surface area contributed by atoms with E-state index in [4.69, 9.17) is 9.47 Å². The first-order chi connectivity index (χ1) is 11.8. The average molecular weight is 345 g/mol. The lowest BCUT2D eigenvalue weighted by molar-refractivity contribution is 0.300. The molecule has 1 atom stereocenters. The molecule has 1 aliphatic rings. The zero-order valence-corrected chi connectivity index (χ0v) is 14.9. The van der Waals surface area contributed by atoms with E-state index in [-0.39, 0.29) is 0 Å². The molecule has 0 aliphatic carbocycles. The van der Waals surface area contributed by atoms with Crippen LogP contribution in [0.3, 0.4) is 0 Å². The van der Waals surface area contributed by atoms with Gasteiger partial charge in [0.05, 0.1) is 25.4 Å². The van der Waals surface area contributed by atoms with Gasteiger partial charge in [0.25, 0.3) is 5.88 Å². The highest BCUT2D eigenvalue weighted by Gasteiger charge is 2.21. The van der Waals surface area contributed by atoms with Crippen LogP contribution in [0.15, 0.2) is 30.3 Å². The number of aromatic nitrogens is 2. The normalized spacial score (nSPS) is 17.4. The second-order valence-electron chi connectivity index (χ2n) is 5.84. The summed E-state index contributed by atoms with van der Waals surface area (Å²) in [4.78, 5) is 0. The molecule has 0 saturated carbocycles. The standard InChI is InChI=1S/C18H23N3O2S/c1-13-16(6-3-11-19-13)17-18(21-24-20-17)23-12-4-5-14-7-9-15(22-2)10-8-14/h6-10,13,19H,3-5,11-12H2,1-2H3. The minimum atomic E-state index is 0.296. The monoisotopic (exact) mass is 345 g/mol. The molecule has 6 heteroatoms. The van der Waals surface area contributed by atoms with Crippen molar-refractivity contribution >= 4 is 17.3 Å². The Morgan fingerprint density at radius 2 is 2.08 bits per heavy atom.